The highest BCUT2D eigenvalue weighted by Crippen LogP contribution is 2.36. The highest BCUT2D eigenvalue weighted by atomic mass is 79.9. The Kier molecular flexibility index (Phi) is 9.93. The molecule has 0 radical (unpaired) electrons. The molecule has 0 spiro atoms. The minimum absolute atomic E-state index is 0.0318. The van der Waals surface area contributed by atoms with Crippen LogP contribution >= 0.6 is 15.9 Å². The van der Waals surface area contributed by atoms with E-state index in [2.05, 4.69) is 21.2 Å². The van der Waals surface area contributed by atoms with Crippen LogP contribution in [0.3, 0.4) is 0 Å². The lowest BCUT2D eigenvalue weighted by Crippen LogP contribution is -2.54. The maximum absolute atomic E-state index is 14.1. The third-order valence-electron chi connectivity index (χ3n) is 6.86. The zero-order valence-electron chi connectivity index (χ0n) is 23.2. The van der Waals surface area contributed by atoms with Crippen molar-refractivity contribution in [3.8, 4) is 11.5 Å². The van der Waals surface area contributed by atoms with Crippen molar-refractivity contribution in [2.45, 2.75) is 45.3 Å². The summed E-state index contributed by atoms with van der Waals surface area (Å²) in [6.45, 7) is 3.51. The summed E-state index contributed by atoms with van der Waals surface area (Å²) in [7, 11) is -3.89. The van der Waals surface area contributed by atoms with Gasteiger partial charge in [-0.2, -0.15) is 0 Å². The van der Waals surface area contributed by atoms with Gasteiger partial charge >= 0.3 is 0 Å². The molecule has 0 saturated carbocycles. The first kappa shape index (κ1) is 30.4. The van der Waals surface area contributed by atoms with Crippen LogP contribution in [0.25, 0.3) is 0 Å². The van der Waals surface area contributed by atoms with E-state index < -0.39 is 28.5 Å². The highest BCUT2D eigenvalue weighted by molar-refractivity contribution is 9.10. The average molecular weight is 645 g/mol. The molecule has 0 aromatic heterocycles. The molecular formula is C30H34BrN3O6S. The Morgan fingerprint density at radius 2 is 1.66 bits per heavy atom. The zero-order chi connectivity index (χ0) is 29.6. The predicted octanol–water partition coefficient (Wildman–Crippen LogP) is 4.50. The van der Waals surface area contributed by atoms with Crippen LogP contribution in [0.1, 0.15) is 31.4 Å². The second-order valence-electron chi connectivity index (χ2n) is 9.98. The lowest BCUT2D eigenvalue weighted by atomic mass is 10.0. The number of rotatable bonds is 12. The minimum atomic E-state index is -3.89. The Hall–Kier alpha value is -3.57. The smallest absolute Gasteiger partial charge is 0.244 e. The van der Waals surface area contributed by atoms with E-state index in [0.29, 0.717) is 11.5 Å². The van der Waals surface area contributed by atoms with Gasteiger partial charge in [-0.05, 0) is 48.7 Å². The van der Waals surface area contributed by atoms with E-state index in [1.807, 2.05) is 68.4 Å². The Morgan fingerprint density at radius 3 is 2.32 bits per heavy atom. The molecule has 9 nitrogen and oxygen atoms in total. The van der Waals surface area contributed by atoms with Gasteiger partial charge in [-0.15, -0.1) is 0 Å². The molecule has 2 amide bonds. The van der Waals surface area contributed by atoms with Crippen molar-refractivity contribution in [3.05, 3.63) is 88.4 Å². The molecule has 0 fully saturated rings. The molecular weight excluding hydrogens is 610 g/mol. The van der Waals surface area contributed by atoms with Gasteiger partial charge in [0.2, 0.25) is 28.6 Å². The topological polar surface area (TPSA) is 105 Å². The van der Waals surface area contributed by atoms with Crippen molar-refractivity contribution in [2.75, 3.05) is 23.9 Å². The average Bonchev–Trinajstić information content (AvgIpc) is 3.42. The van der Waals surface area contributed by atoms with Gasteiger partial charge in [-0.25, -0.2) is 8.42 Å². The number of halogens is 1. The number of carbonyl (C=O) groups is 2. The number of amides is 2. The fourth-order valence-corrected chi connectivity index (χ4v) is 5.54. The number of nitrogens with zero attached hydrogens (tertiary/aromatic N) is 2. The molecule has 0 bridgehead atoms. The summed E-state index contributed by atoms with van der Waals surface area (Å²) < 4.78 is 38.6. The highest BCUT2D eigenvalue weighted by Gasteiger charge is 2.33. The van der Waals surface area contributed by atoms with Gasteiger partial charge in [-0.3, -0.25) is 13.9 Å². The molecule has 4 rings (SSSR count). The van der Waals surface area contributed by atoms with E-state index in [-0.39, 0.29) is 37.4 Å². The SMILES string of the molecule is CC[C@H](C)NC(=O)[C@@H](Cc1ccccc1)N(Cc1ccc(Br)cc1)C(=O)CN(c1ccc2c(c1)OCO2)S(C)(=O)=O. The standard InChI is InChI=1S/C30H34BrN3O6S/c1-4-21(2)32-30(36)26(16-22-8-6-5-7-9-22)33(18-23-10-12-24(31)13-11-23)29(35)19-34(41(3,37)38)25-14-15-27-28(17-25)40-20-39-27/h5-15,17,21,26H,4,16,18-20H2,1-3H3,(H,32,36)/t21-,26+/m0/s1. The van der Waals surface area contributed by atoms with Crippen LogP contribution < -0.4 is 19.1 Å². The molecule has 1 N–H and O–H groups in total. The van der Waals surface area contributed by atoms with Crippen LogP contribution in [-0.4, -0.2) is 56.8 Å². The number of carbonyl (C=O) groups excluding carboxylic acids is 2. The normalized spacial score (nSPS) is 13.8. The predicted molar refractivity (Wildman–Crippen MR) is 161 cm³/mol. The summed E-state index contributed by atoms with van der Waals surface area (Å²) in [5, 5.41) is 3.02. The molecule has 2 atom stereocenters. The Bertz CT molecular complexity index is 1470. The summed E-state index contributed by atoms with van der Waals surface area (Å²) >= 11 is 3.44. The molecule has 3 aromatic carbocycles. The first-order chi connectivity index (χ1) is 19.5. The number of hydrogen-bond donors (Lipinski definition) is 1. The van der Waals surface area contributed by atoms with Crippen molar-refractivity contribution in [1.82, 2.24) is 10.2 Å². The van der Waals surface area contributed by atoms with E-state index in [0.717, 1.165) is 32.6 Å². The molecule has 3 aromatic rings. The van der Waals surface area contributed by atoms with Crippen molar-refractivity contribution in [1.29, 1.82) is 0 Å². The van der Waals surface area contributed by atoms with Crippen molar-refractivity contribution < 1.29 is 27.5 Å². The monoisotopic (exact) mass is 643 g/mol. The summed E-state index contributed by atoms with van der Waals surface area (Å²) in [4.78, 5) is 29.3. The Balaban J connectivity index is 1.72. The van der Waals surface area contributed by atoms with Crippen molar-refractivity contribution in [2.24, 2.45) is 0 Å². The quantitative estimate of drug-likeness (QED) is 0.312. The number of nitrogens with one attached hydrogen (secondary N) is 1. The number of sulfonamides is 1. The van der Waals surface area contributed by atoms with Crippen LogP contribution in [0.15, 0.2) is 77.3 Å². The maximum atomic E-state index is 14.1. The van der Waals surface area contributed by atoms with Crippen LogP contribution in [0.2, 0.25) is 0 Å². The van der Waals surface area contributed by atoms with Crippen molar-refractivity contribution >= 4 is 43.5 Å². The van der Waals surface area contributed by atoms with Crippen LogP contribution in [0.5, 0.6) is 11.5 Å². The van der Waals surface area contributed by atoms with E-state index in [1.54, 1.807) is 12.1 Å². The van der Waals surface area contributed by atoms with Crippen LogP contribution in [-0.2, 0) is 32.6 Å². The number of fused-ring (bicyclic) bond motifs is 1. The van der Waals surface area contributed by atoms with Gasteiger partial charge in [0.1, 0.15) is 12.6 Å². The molecule has 1 aliphatic heterocycles. The molecule has 1 aliphatic rings. The summed E-state index contributed by atoms with van der Waals surface area (Å²) in [6, 6.07) is 20.6. The number of anilines is 1. The number of hydrogen-bond acceptors (Lipinski definition) is 6. The zero-order valence-corrected chi connectivity index (χ0v) is 25.7. The summed E-state index contributed by atoms with van der Waals surface area (Å²) in [5.41, 5.74) is 1.93. The summed E-state index contributed by atoms with van der Waals surface area (Å²) in [6.07, 6.45) is 2.02. The Morgan fingerprint density at radius 1 is 0.976 bits per heavy atom. The second kappa shape index (κ2) is 13.4. The number of benzene rings is 3. The third-order valence-corrected chi connectivity index (χ3v) is 8.53. The lowest BCUT2D eigenvalue weighted by molar-refractivity contribution is -0.140. The van der Waals surface area contributed by atoms with Gasteiger partial charge in [0.05, 0.1) is 11.9 Å². The lowest BCUT2D eigenvalue weighted by Gasteiger charge is -2.34. The fraction of sp³-hybridized carbons (Fsp3) is 0.333. The molecule has 41 heavy (non-hydrogen) atoms. The minimum Gasteiger partial charge on any atom is -0.454 e. The fourth-order valence-electron chi connectivity index (χ4n) is 4.44. The van der Waals surface area contributed by atoms with E-state index in [1.165, 1.54) is 11.0 Å². The van der Waals surface area contributed by atoms with Gasteiger partial charge in [0.25, 0.3) is 0 Å². The number of ether oxygens (including phenoxy) is 2. The van der Waals surface area contributed by atoms with Gasteiger partial charge < -0.3 is 19.7 Å². The molecule has 0 unspecified atom stereocenters. The van der Waals surface area contributed by atoms with E-state index >= 15 is 0 Å². The first-order valence-corrected chi connectivity index (χ1v) is 15.9. The molecule has 0 aliphatic carbocycles. The maximum Gasteiger partial charge on any atom is 0.244 e. The summed E-state index contributed by atoms with van der Waals surface area (Å²) in [5.74, 6) is 0.0686. The van der Waals surface area contributed by atoms with Gasteiger partial charge in [0, 0.05) is 29.5 Å². The largest absolute Gasteiger partial charge is 0.454 e. The third kappa shape index (κ3) is 8.01. The van der Waals surface area contributed by atoms with Crippen LogP contribution in [0, 0.1) is 0 Å². The molecule has 1 heterocycles. The van der Waals surface area contributed by atoms with Crippen LogP contribution in [0.4, 0.5) is 5.69 Å². The van der Waals surface area contributed by atoms with Gasteiger partial charge in [0.15, 0.2) is 11.5 Å². The molecule has 218 valence electrons. The van der Waals surface area contributed by atoms with E-state index in [4.69, 9.17) is 9.47 Å². The van der Waals surface area contributed by atoms with E-state index in [9.17, 15) is 18.0 Å². The second-order valence-corrected chi connectivity index (χ2v) is 12.8. The molecule has 11 heteroatoms. The first-order valence-electron chi connectivity index (χ1n) is 13.3. The van der Waals surface area contributed by atoms with Gasteiger partial charge in [-0.1, -0.05) is 65.3 Å². The Labute approximate surface area is 249 Å². The molecule has 0 saturated heterocycles. The van der Waals surface area contributed by atoms with Crippen molar-refractivity contribution in [3.63, 3.8) is 0 Å².